The van der Waals surface area contributed by atoms with Gasteiger partial charge in [0.15, 0.2) is 11.5 Å². The van der Waals surface area contributed by atoms with Crippen molar-refractivity contribution in [3.8, 4) is 5.82 Å². The topological polar surface area (TPSA) is 85.7 Å². The Morgan fingerprint density at radius 3 is 3.14 bits per heavy atom. The number of methoxy groups -OCH3 is 1. The molecule has 0 radical (unpaired) electrons. The van der Waals surface area contributed by atoms with Crippen molar-refractivity contribution in [3.05, 3.63) is 24.2 Å². The maximum atomic E-state index is 11.0. The summed E-state index contributed by atoms with van der Waals surface area (Å²) in [4.78, 5) is 11.0. The van der Waals surface area contributed by atoms with Crippen molar-refractivity contribution in [2.45, 2.75) is 0 Å². The van der Waals surface area contributed by atoms with Gasteiger partial charge in [0.2, 0.25) is 0 Å². The second kappa shape index (κ2) is 3.29. The Morgan fingerprint density at radius 2 is 2.50 bits per heavy atom. The fraction of sp³-hybridized carbons (Fsp3) is 0.143. The summed E-state index contributed by atoms with van der Waals surface area (Å²) in [5.41, 5.74) is 0.155. The number of ether oxygens (including phenoxy) is 1. The molecule has 0 amide bonds. The average molecular weight is 193 g/mol. The summed E-state index contributed by atoms with van der Waals surface area (Å²) < 4.78 is 5.89. The summed E-state index contributed by atoms with van der Waals surface area (Å²) in [6, 6.07) is 1.70. The lowest BCUT2D eigenvalue weighted by molar-refractivity contribution is 0.0594. The molecule has 0 aliphatic carbocycles. The molecule has 2 aromatic rings. The molecule has 0 unspecified atom stereocenters. The molecule has 0 fully saturated rings. The number of hydrogen-bond donors (Lipinski definition) is 1. The van der Waals surface area contributed by atoms with Gasteiger partial charge < -0.3 is 4.74 Å². The third-order valence-corrected chi connectivity index (χ3v) is 1.62. The molecule has 0 bridgehead atoms. The summed E-state index contributed by atoms with van der Waals surface area (Å²) in [5, 5.41) is 13.8. The molecule has 0 saturated carbocycles. The Labute approximate surface area is 78.7 Å². The molecule has 0 aromatic carbocycles. The Morgan fingerprint density at radius 1 is 1.64 bits per heavy atom. The van der Waals surface area contributed by atoms with Gasteiger partial charge in [-0.15, -0.1) is 5.10 Å². The number of hydrogen-bond acceptors (Lipinski definition) is 5. The highest BCUT2D eigenvalue weighted by Gasteiger charge is 2.11. The first kappa shape index (κ1) is 8.42. The molecule has 2 aromatic heterocycles. The minimum atomic E-state index is -0.518. The van der Waals surface area contributed by atoms with Crippen LogP contribution in [-0.2, 0) is 4.74 Å². The molecule has 0 aliphatic heterocycles. The molecule has 14 heavy (non-hydrogen) atoms. The Balaban J connectivity index is 2.31. The van der Waals surface area contributed by atoms with Gasteiger partial charge in [-0.1, -0.05) is 5.21 Å². The van der Waals surface area contributed by atoms with Gasteiger partial charge in [0.1, 0.15) is 0 Å². The van der Waals surface area contributed by atoms with E-state index in [1.807, 2.05) is 0 Å². The normalized spacial score (nSPS) is 10.1. The molecule has 1 N–H and O–H groups in total. The van der Waals surface area contributed by atoms with Crippen LogP contribution in [0, 0.1) is 0 Å². The lowest BCUT2D eigenvalue weighted by Gasteiger charge is -1.91. The number of aromatic amines is 1. The van der Waals surface area contributed by atoms with Gasteiger partial charge >= 0.3 is 5.97 Å². The summed E-state index contributed by atoms with van der Waals surface area (Å²) in [7, 11) is 1.29. The van der Waals surface area contributed by atoms with Crippen molar-refractivity contribution >= 4 is 5.97 Å². The van der Waals surface area contributed by atoms with Crippen molar-refractivity contribution in [3.63, 3.8) is 0 Å². The van der Waals surface area contributed by atoms with Gasteiger partial charge in [0, 0.05) is 6.07 Å². The molecule has 0 saturated heterocycles. The minimum Gasteiger partial charge on any atom is -0.464 e. The molecule has 2 rings (SSSR count). The van der Waals surface area contributed by atoms with Crippen molar-refractivity contribution in [1.82, 2.24) is 25.2 Å². The van der Waals surface area contributed by atoms with Gasteiger partial charge in [0.05, 0.1) is 19.5 Å². The fourth-order valence-electron chi connectivity index (χ4n) is 0.956. The molecule has 7 heteroatoms. The Kier molecular flexibility index (Phi) is 1.98. The van der Waals surface area contributed by atoms with Gasteiger partial charge in [-0.05, 0) is 0 Å². The van der Waals surface area contributed by atoms with Crippen molar-refractivity contribution in [2.24, 2.45) is 0 Å². The fourth-order valence-corrected chi connectivity index (χ4v) is 0.956. The smallest absolute Gasteiger partial charge is 0.360 e. The zero-order valence-electron chi connectivity index (χ0n) is 7.34. The largest absolute Gasteiger partial charge is 0.464 e. The number of carbonyl (C=O) groups excluding carboxylic acids is 1. The maximum Gasteiger partial charge on any atom is 0.360 e. The molecular weight excluding hydrogens is 186 g/mol. The molecule has 2 heterocycles. The number of aromatic nitrogens is 5. The second-order valence-electron chi connectivity index (χ2n) is 2.48. The number of esters is 1. The predicted octanol–water partition coefficient (Wildman–Crippen LogP) is -0.223. The molecule has 7 nitrogen and oxygen atoms in total. The zero-order chi connectivity index (χ0) is 9.97. The summed E-state index contributed by atoms with van der Waals surface area (Å²) in [6.45, 7) is 0. The minimum absolute atomic E-state index is 0.155. The monoisotopic (exact) mass is 193 g/mol. The van der Waals surface area contributed by atoms with E-state index in [0.717, 1.165) is 0 Å². The van der Waals surface area contributed by atoms with E-state index in [9.17, 15) is 4.79 Å². The van der Waals surface area contributed by atoms with Crippen LogP contribution in [0.4, 0.5) is 0 Å². The van der Waals surface area contributed by atoms with E-state index in [0.29, 0.717) is 5.82 Å². The van der Waals surface area contributed by atoms with Gasteiger partial charge in [-0.3, -0.25) is 5.10 Å². The van der Waals surface area contributed by atoms with Crippen LogP contribution in [-0.4, -0.2) is 38.3 Å². The maximum absolute atomic E-state index is 11.0. The van der Waals surface area contributed by atoms with Crippen LogP contribution in [0.25, 0.3) is 5.82 Å². The highest BCUT2D eigenvalue weighted by molar-refractivity contribution is 5.86. The summed E-state index contributed by atoms with van der Waals surface area (Å²) in [6.07, 6.45) is 3.04. The first-order valence-corrected chi connectivity index (χ1v) is 3.81. The Bertz CT molecular complexity index is 433. The van der Waals surface area contributed by atoms with Crippen LogP contribution in [0.3, 0.4) is 0 Å². The first-order chi connectivity index (χ1) is 6.81. The second-order valence-corrected chi connectivity index (χ2v) is 2.48. The van der Waals surface area contributed by atoms with Gasteiger partial charge in [-0.2, -0.15) is 5.10 Å². The van der Waals surface area contributed by atoms with E-state index in [1.54, 1.807) is 12.3 Å². The van der Waals surface area contributed by atoms with Gasteiger partial charge in [-0.25, -0.2) is 9.48 Å². The van der Waals surface area contributed by atoms with E-state index in [2.05, 4.69) is 25.2 Å². The number of nitrogens with one attached hydrogen (secondary N) is 1. The average Bonchev–Trinajstić information content (AvgIpc) is 2.86. The van der Waals surface area contributed by atoms with E-state index in [1.165, 1.54) is 18.0 Å². The molecular formula is C7H7N5O2. The van der Waals surface area contributed by atoms with Crippen LogP contribution >= 0.6 is 0 Å². The van der Waals surface area contributed by atoms with Crippen molar-refractivity contribution in [2.75, 3.05) is 7.11 Å². The lowest BCUT2D eigenvalue weighted by atomic mass is 10.5. The molecule has 72 valence electrons. The number of rotatable bonds is 2. The predicted molar refractivity (Wildman–Crippen MR) is 44.8 cm³/mol. The standard InChI is InChI=1S/C7H7N5O2/c1-14-7(13)5-4-12(11-9-5)6-2-3-8-10-6/h2-4H,1H3,(H,8,10). The van der Waals surface area contributed by atoms with Crippen molar-refractivity contribution in [1.29, 1.82) is 0 Å². The highest BCUT2D eigenvalue weighted by atomic mass is 16.5. The van der Waals surface area contributed by atoms with Crippen LogP contribution < -0.4 is 0 Å². The zero-order valence-corrected chi connectivity index (χ0v) is 7.34. The first-order valence-electron chi connectivity index (χ1n) is 3.81. The number of carbonyl (C=O) groups is 1. The third kappa shape index (κ3) is 1.35. The molecule has 0 atom stereocenters. The third-order valence-electron chi connectivity index (χ3n) is 1.62. The summed E-state index contributed by atoms with van der Waals surface area (Å²) in [5.74, 6) is 0.114. The van der Waals surface area contributed by atoms with E-state index in [-0.39, 0.29) is 5.69 Å². The summed E-state index contributed by atoms with van der Waals surface area (Å²) >= 11 is 0. The molecule has 0 aliphatic rings. The number of H-pyrrole nitrogens is 1. The Hall–Kier alpha value is -2.18. The van der Waals surface area contributed by atoms with E-state index < -0.39 is 5.97 Å². The van der Waals surface area contributed by atoms with Crippen LogP contribution in [0.2, 0.25) is 0 Å². The van der Waals surface area contributed by atoms with Crippen LogP contribution in [0.15, 0.2) is 18.5 Å². The van der Waals surface area contributed by atoms with E-state index >= 15 is 0 Å². The lowest BCUT2D eigenvalue weighted by Crippen LogP contribution is -2.01. The van der Waals surface area contributed by atoms with Crippen LogP contribution in [0.1, 0.15) is 10.5 Å². The van der Waals surface area contributed by atoms with E-state index in [4.69, 9.17) is 0 Å². The molecule has 0 spiro atoms. The van der Waals surface area contributed by atoms with Crippen LogP contribution in [0.5, 0.6) is 0 Å². The van der Waals surface area contributed by atoms with Crippen molar-refractivity contribution < 1.29 is 9.53 Å². The quantitative estimate of drug-likeness (QED) is 0.666. The highest BCUT2D eigenvalue weighted by Crippen LogP contribution is 2.02. The number of nitrogens with zero attached hydrogens (tertiary/aromatic N) is 4. The van der Waals surface area contributed by atoms with Gasteiger partial charge in [0.25, 0.3) is 0 Å². The SMILES string of the molecule is COC(=O)c1cn(-c2ccn[nH]2)nn1.